The van der Waals surface area contributed by atoms with E-state index >= 15 is 0 Å². The molecular weight excluding hydrogens is 274 g/mol. The van der Waals surface area contributed by atoms with Crippen LogP contribution in [0.1, 0.15) is 33.6 Å². The van der Waals surface area contributed by atoms with E-state index in [4.69, 9.17) is 9.84 Å². The number of rotatable bonds is 8. The van der Waals surface area contributed by atoms with Gasteiger partial charge in [0.2, 0.25) is 0 Å². The smallest absolute Gasteiger partial charge is 0.317 e. The van der Waals surface area contributed by atoms with Crippen LogP contribution in [-0.2, 0) is 9.53 Å². The highest BCUT2D eigenvalue weighted by atomic mass is 16.5. The van der Waals surface area contributed by atoms with Crippen LogP contribution >= 0.6 is 0 Å². The lowest BCUT2D eigenvalue weighted by molar-refractivity contribution is -0.139. The lowest BCUT2D eigenvalue weighted by Crippen LogP contribution is -2.57. The van der Waals surface area contributed by atoms with Crippen molar-refractivity contribution >= 4 is 12.0 Å². The second-order valence-electron chi connectivity index (χ2n) is 6.07. The molecule has 2 amide bonds. The van der Waals surface area contributed by atoms with E-state index in [0.29, 0.717) is 13.1 Å². The summed E-state index contributed by atoms with van der Waals surface area (Å²) in [4.78, 5) is 24.4. The molecule has 0 spiro atoms. The molecule has 7 heteroatoms. The number of carboxylic acid groups (broad SMARTS) is 1. The minimum absolute atomic E-state index is 0.0577. The number of amides is 2. The van der Waals surface area contributed by atoms with Gasteiger partial charge >= 0.3 is 12.0 Å². The number of carbonyl (C=O) groups excluding carboxylic acids is 1. The van der Waals surface area contributed by atoms with E-state index in [2.05, 4.69) is 10.6 Å². The Labute approximate surface area is 126 Å². The minimum atomic E-state index is -0.812. The van der Waals surface area contributed by atoms with Crippen LogP contribution < -0.4 is 10.6 Å². The second-order valence-corrected chi connectivity index (χ2v) is 6.07. The number of likely N-dealkylation sites (N-methyl/N-ethyl adjacent to an activating group) is 1. The zero-order chi connectivity index (χ0) is 16.0. The van der Waals surface area contributed by atoms with Crippen molar-refractivity contribution in [3.63, 3.8) is 0 Å². The van der Waals surface area contributed by atoms with Crippen LogP contribution in [0.25, 0.3) is 0 Å². The Morgan fingerprint density at radius 2 is 2.00 bits per heavy atom. The summed E-state index contributed by atoms with van der Waals surface area (Å²) >= 11 is 0. The first-order valence-electron chi connectivity index (χ1n) is 7.32. The second kappa shape index (κ2) is 7.61. The van der Waals surface area contributed by atoms with Crippen molar-refractivity contribution < 1.29 is 19.4 Å². The van der Waals surface area contributed by atoms with Gasteiger partial charge in [0.05, 0.1) is 12.1 Å². The van der Waals surface area contributed by atoms with Gasteiger partial charge in [-0.25, -0.2) is 4.79 Å². The fourth-order valence-electron chi connectivity index (χ4n) is 2.28. The average Bonchev–Trinajstić information content (AvgIpc) is 2.37. The van der Waals surface area contributed by atoms with Gasteiger partial charge in [0.15, 0.2) is 0 Å². The maximum atomic E-state index is 11.7. The molecule has 21 heavy (non-hydrogen) atoms. The molecule has 0 aromatic carbocycles. The first kappa shape index (κ1) is 17.7. The SMILES string of the molecule is CCN(CC(=O)O)C1CC(NC(=O)NCC(C)(C)OC)C1. The van der Waals surface area contributed by atoms with Gasteiger partial charge in [0.25, 0.3) is 0 Å². The van der Waals surface area contributed by atoms with Crippen molar-refractivity contribution in [3.8, 4) is 0 Å². The highest BCUT2D eigenvalue weighted by Gasteiger charge is 2.34. The summed E-state index contributed by atoms with van der Waals surface area (Å²) in [5.74, 6) is -0.812. The molecule has 0 radical (unpaired) electrons. The number of carboxylic acids is 1. The largest absolute Gasteiger partial charge is 0.480 e. The Bertz CT molecular complexity index is 367. The number of methoxy groups -OCH3 is 1. The summed E-state index contributed by atoms with van der Waals surface area (Å²) in [6.07, 6.45) is 1.59. The number of nitrogens with zero attached hydrogens (tertiary/aromatic N) is 1. The van der Waals surface area contributed by atoms with Crippen LogP contribution in [0.4, 0.5) is 4.79 Å². The lowest BCUT2D eigenvalue weighted by atomic mass is 9.85. The maximum absolute atomic E-state index is 11.7. The predicted molar refractivity (Wildman–Crippen MR) is 79.3 cm³/mol. The normalized spacial score (nSPS) is 21.8. The molecule has 0 bridgehead atoms. The average molecular weight is 301 g/mol. The van der Waals surface area contributed by atoms with Crippen LogP contribution in [0.2, 0.25) is 0 Å². The van der Waals surface area contributed by atoms with Gasteiger partial charge in [-0.05, 0) is 33.2 Å². The van der Waals surface area contributed by atoms with E-state index in [1.807, 2.05) is 25.7 Å². The molecule has 0 atom stereocenters. The Morgan fingerprint density at radius 3 is 2.48 bits per heavy atom. The lowest BCUT2D eigenvalue weighted by Gasteiger charge is -2.42. The predicted octanol–water partition coefficient (Wildman–Crippen LogP) is 0.648. The molecule has 7 nitrogen and oxygen atoms in total. The van der Waals surface area contributed by atoms with E-state index in [9.17, 15) is 9.59 Å². The number of ether oxygens (including phenoxy) is 1. The van der Waals surface area contributed by atoms with E-state index in [1.54, 1.807) is 7.11 Å². The van der Waals surface area contributed by atoms with Crippen LogP contribution in [-0.4, -0.2) is 66.4 Å². The van der Waals surface area contributed by atoms with E-state index < -0.39 is 5.97 Å². The molecule has 0 saturated heterocycles. The van der Waals surface area contributed by atoms with Crippen LogP contribution in [0, 0.1) is 0 Å². The molecule has 1 aliphatic carbocycles. The summed E-state index contributed by atoms with van der Waals surface area (Å²) in [6, 6.07) is 0.153. The molecule has 0 heterocycles. The van der Waals surface area contributed by atoms with Crippen molar-refractivity contribution in [1.82, 2.24) is 15.5 Å². The monoisotopic (exact) mass is 301 g/mol. The van der Waals surface area contributed by atoms with Crippen LogP contribution in [0.15, 0.2) is 0 Å². The van der Waals surface area contributed by atoms with Crippen molar-refractivity contribution in [2.75, 3.05) is 26.7 Å². The van der Waals surface area contributed by atoms with Crippen molar-refractivity contribution in [1.29, 1.82) is 0 Å². The minimum Gasteiger partial charge on any atom is -0.480 e. The van der Waals surface area contributed by atoms with Crippen molar-refractivity contribution in [2.45, 2.75) is 51.3 Å². The van der Waals surface area contributed by atoms with Gasteiger partial charge in [-0.2, -0.15) is 0 Å². The molecule has 1 saturated carbocycles. The van der Waals surface area contributed by atoms with Gasteiger partial charge in [-0.1, -0.05) is 6.92 Å². The van der Waals surface area contributed by atoms with Gasteiger partial charge in [-0.3, -0.25) is 9.69 Å². The third-order valence-electron chi connectivity index (χ3n) is 3.94. The first-order valence-corrected chi connectivity index (χ1v) is 7.32. The molecule has 1 fully saturated rings. The molecule has 0 aliphatic heterocycles. The van der Waals surface area contributed by atoms with Gasteiger partial charge in [-0.15, -0.1) is 0 Å². The van der Waals surface area contributed by atoms with E-state index in [1.165, 1.54) is 0 Å². The molecule has 0 unspecified atom stereocenters. The standard InChI is InChI=1S/C14H27N3O4/c1-5-17(8-12(18)19)11-6-10(7-11)16-13(20)15-9-14(2,3)21-4/h10-11H,5-9H2,1-4H3,(H,18,19)(H2,15,16,20). The molecule has 0 aromatic rings. The number of aliphatic carboxylic acids is 1. The Balaban J connectivity index is 2.25. The van der Waals surface area contributed by atoms with E-state index in [0.717, 1.165) is 12.8 Å². The first-order chi connectivity index (χ1) is 9.77. The molecule has 122 valence electrons. The fourth-order valence-corrected chi connectivity index (χ4v) is 2.28. The van der Waals surface area contributed by atoms with Crippen LogP contribution in [0.5, 0.6) is 0 Å². The number of urea groups is 1. The summed E-state index contributed by atoms with van der Waals surface area (Å²) in [5.41, 5.74) is -0.389. The molecule has 0 aromatic heterocycles. The number of hydrogen-bond acceptors (Lipinski definition) is 4. The molecular formula is C14H27N3O4. The number of carbonyl (C=O) groups is 2. The molecule has 1 rings (SSSR count). The summed E-state index contributed by atoms with van der Waals surface area (Å²) in [5, 5.41) is 14.5. The van der Waals surface area contributed by atoms with Gasteiger partial charge < -0.3 is 20.5 Å². The third-order valence-corrected chi connectivity index (χ3v) is 3.94. The van der Waals surface area contributed by atoms with Crippen molar-refractivity contribution in [3.05, 3.63) is 0 Å². The quantitative estimate of drug-likeness (QED) is 0.612. The molecule has 1 aliphatic rings. The van der Waals surface area contributed by atoms with E-state index in [-0.39, 0.29) is 30.3 Å². The Morgan fingerprint density at radius 1 is 1.38 bits per heavy atom. The Hall–Kier alpha value is -1.34. The highest BCUT2D eigenvalue weighted by Crippen LogP contribution is 2.25. The topological polar surface area (TPSA) is 90.9 Å². The zero-order valence-corrected chi connectivity index (χ0v) is 13.3. The maximum Gasteiger partial charge on any atom is 0.317 e. The fraction of sp³-hybridized carbons (Fsp3) is 0.857. The highest BCUT2D eigenvalue weighted by molar-refractivity contribution is 5.74. The van der Waals surface area contributed by atoms with Gasteiger partial charge in [0, 0.05) is 25.7 Å². The van der Waals surface area contributed by atoms with Gasteiger partial charge in [0.1, 0.15) is 0 Å². The molecule has 3 N–H and O–H groups in total. The number of nitrogens with one attached hydrogen (secondary N) is 2. The third kappa shape index (κ3) is 5.89. The number of hydrogen-bond donors (Lipinski definition) is 3. The Kier molecular flexibility index (Phi) is 6.42. The summed E-state index contributed by atoms with van der Waals surface area (Å²) in [7, 11) is 1.61. The summed E-state index contributed by atoms with van der Waals surface area (Å²) < 4.78 is 5.23. The zero-order valence-electron chi connectivity index (χ0n) is 13.3. The van der Waals surface area contributed by atoms with Crippen molar-refractivity contribution in [2.24, 2.45) is 0 Å². The van der Waals surface area contributed by atoms with Crippen LogP contribution in [0.3, 0.4) is 0 Å². The summed E-state index contributed by atoms with van der Waals surface area (Å²) in [6.45, 7) is 6.95.